The number of carboxylic acids is 1. The van der Waals surface area contributed by atoms with Gasteiger partial charge in [0, 0.05) is 17.6 Å². The Bertz CT molecular complexity index is 1200. The fraction of sp³-hybridized carbons (Fsp3) is 0.333. The van der Waals surface area contributed by atoms with Gasteiger partial charge in [-0.3, -0.25) is 9.13 Å². The van der Waals surface area contributed by atoms with Gasteiger partial charge in [-0.1, -0.05) is 41.2 Å². The summed E-state index contributed by atoms with van der Waals surface area (Å²) in [7, 11) is 2.04. The molecule has 0 radical (unpaired) electrons. The highest BCUT2D eigenvalue weighted by Gasteiger charge is 2.25. The molecule has 0 amide bonds. The number of benzene rings is 2. The van der Waals surface area contributed by atoms with Crippen molar-refractivity contribution < 1.29 is 9.90 Å². The van der Waals surface area contributed by atoms with Gasteiger partial charge < -0.3 is 10.0 Å². The molecule has 0 bridgehead atoms. The molecule has 1 unspecified atom stereocenters. The Labute approximate surface area is 188 Å². The second-order valence-corrected chi connectivity index (χ2v) is 8.84. The molecule has 2 heterocycles. The third-order valence-corrected chi connectivity index (χ3v) is 6.52. The van der Waals surface area contributed by atoms with Crippen molar-refractivity contribution in [2.24, 2.45) is 0 Å². The lowest BCUT2D eigenvalue weighted by Gasteiger charge is -2.32. The van der Waals surface area contributed by atoms with Crippen molar-refractivity contribution in [1.82, 2.24) is 14.0 Å². The van der Waals surface area contributed by atoms with Crippen molar-refractivity contribution in [3.05, 3.63) is 61.4 Å². The van der Waals surface area contributed by atoms with Crippen LogP contribution in [0.25, 0.3) is 16.7 Å². The lowest BCUT2D eigenvalue weighted by Crippen LogP contribution is -2.41. The minimum atomic E-state index is -1.11. The summed E-state index contributed by atoms with van der Waals surface area (Å²) in [5.41, 5.74) is 1.04. The number of aromatic nitrogens is 2. The van der Waals surface area contributed by atoms with Crippen LogP contribution in [0.5, 0.6) is 0 Å². The van der Waals surface area contributed by atoms with Crippen LogP contribution in [-0.4, -0.2) is 44.7 Å². The summed E-state index contributed by atoms with van der Waals surface area (Å²) < 4.78 is 3.04. The third-order valence-electron chi connectivity index (χ3n) is 5.69. The predicted octanol–water partition coefficient (Wildman–Crippen LogP) is 4.93. The Hall–Kier alpha value is -1.99. The molecule has 3 aromatic rings. The molecule has 158 valence electrons. The van der Waals surface area contributed by atoms with Crippen LogP contribution in [0, 0.1) is 0 Å². The first kappa shape index (κ1) is 21.2. The highest BCUT2D eigenvalue weighted by Crippen LogP contribution is 2.32. The molecule has 1 aliphatic heterocycles. The maximum atomic E-state index is 13.5. The summed E-state index contributed by atoms with van der Waals surface area (Å²) in [6, 6.07) is 7.87. The molecule has 1 aromatic heterocycles. The van der Waals surface area contributed by atoms with Crippen LogP contribution in [0.2, 0.25) is 15.1 Å². The molecule has 1 atom stereocenters. The van der Waals surface area contributed by atoms with Crippen molar-refractivity contribution in [2.45, 2.75) is 31.8 Å². The Morgan fingerprint density at radius 1 is 1.13 bits per heavy atom. The monoisotopic (exact) mass is 467 g/mol. The van der Waals surface area contributed by atoms with Gasteiger partial charge in [0.1, 0.15) is 0 Å². The summed E-state index contributed by atoms with van der Waals surface area (Å²) in [6.07, 6.45) is 3.18. The number of piperidine rings is 1. The van der Waals surface area contributed by atoms with Gasteiger partial charge >= 0.3 is 11.7 Å². The average Bonchev–Trinajstić information content (AvgIpc) is 2.96. The fourth-order valence-corrected chi connectivity index (χ4v) is 4.89. The number of likely N-dealkylation sites (N-methyl/N-ethyl adjacent to an activating group) is 1. The standard InChI is InChI=1S/C21H20Cl3N3O3/c1-25-7-3-2-4-14(25)11-26-18-9-12(20(28)29)8-16(24)19(18)27(21(26)30)17-6-5-13(22)10-15(17)23/h5-6,8-10,14H,2-4,7,11H2,1H3,(H,28,29). The first-order valence-corrected chi connectivity index (χ1v) is 10.7. The molecule has 9 heteroatoms. The number of hydrogen-bond acceptors (Lipinski definition) is 3. The number of imidazole rings is 1. The lowest BCUT2D eigenvalue weighted by atomic mass is 10.0. The van der Waals surface area contributed by atoms with Crippen LogP contribution in [0.15, 0.2) is 35.1 Å². The van der Waals surface area contributed by atoms with E-state index in [1.165, 1.54) is 16.7 Å². The lowest BCUT2D eigenvalue weighted by molar-refractivity contribution is 0.0697. The first-order chi connectivity index (χ1) is 14.3. The number of fused-ring (bicyclic) bond motifs is 1. The van der Waals surface area contributed by atoms with Gasteiger partial charge in [0.15, 0.2) is 0 Å². The van der Waals surface area contributed by atoms with Gasteiger partial charge in [-0.05, 0) is 56.8 Å². The van der Waals surface area contributed by atoms with E-state index in [0.29, 0.717) is 33.3 Å². The number of carbonyl (C=O) groups is 1. The highest BCUT2D eigenvalue weighted by molar-refractivity contribution is 6.37. The van der Waals surface area contributed by atoms with E-state index >= 15 is 0 Å². The number of rotatable bonds is 4. The van der Waals surface area contributed by atoms with E-state index in [4.69, 9.17) is 34.8 Å². The van der Waals surface area contributed by atoms with Crippen molar-refractivity contribution in [2.75, 3.05) is 13.6 Å². The Balaban J connectivity index is 1.99. The Morgan fingerprint density at radius 3 is 2.57 bits per heavy atom. The normalized spacial score (nSPS) is 17.5. The van der Waals surface area contributed by atoms with Gasteiger partial charge in [0.25, 0.3) is 0 Å². The van der Waals surface area contributed by atoms with Crippen molar-refractivity contribution in [1.29, 1.82) is 0 Å². The fourth-order valence-electron chi connectivity index (χ4n) is 4.10. The molecule has 4 rings (SSSR count). The molecule has 1 N–H and O–H groups in total. The van der Waals surface area contributed by atoms with E-state index < -0.39 is 5.97 Å². The third kappa shape index (κ3) is 3.73. The Morgan fingerprint density at radius 2 is 1.90 bits per heavy atom. The minimum Gasteiger partial charge on any atom is -0.478 e. The second kappa shape index (κ2) is 8.27. The maximum Gasteiger partial charge on any atom is 0.335 e. The summed E-state index contributed by atoms with van der Waals surface area (Å²) in [4.78, 5) is 27.4. The van der Waals surface area contributed by atoms with Crippen molar-refractivity contribution in [3.8, 4) is 5.69 Å². The molecular weight excluding hydrogens is 449 g/mol. The zero-order chi connectivity index (χ0) is 21.6. The van der Waals surface area contributed by atoms with E-state index in [-0.39, 0.29) is 22.3 Å². The molecule has 6 nitrogen and oxygen atoms in total. The zero-order valence-electron chi connectivity index (χ0n) is 16.2. The number of halogens is 3. The van der Waals surface area contributed by atoms with E-state index in [1.54, 1.807) is 22.8 Å². The van der Waals surface area contributed by atoms with Crippen molar-refractivity contribution >= 4 is 51.8 Å². The van der Waals surface area contributed by atoms with E-state index in [1.807, 2.05) is 7.05 Å². The molecular formula is C21H20Cl3N3O3. The number of hydrogen-bond donors (Lipinski definition) is 1. The minimum absolute atomic E-state index is 0.0256. The number of carboxylic acid groups (broad SMARTS) is 1. The topological polar surface area (TPSA) is 67.5 Å². The van der Waals surface area contributed by atoms with E-state index in [9.17, 15) is 14.7 Å². The molecule has 30 heavy (non-hydrogen) atoms. The van der Waals surface area contributed by atoms with E-state index in [0.717, 1.165) is 25.8 Å². The van der Waals surface area contributed by atoms with Crippen LogP contribution in [0.3, 0.4) is 0 Å². The smallest absolute Gasteiger partial charge is 0.335 e. The summed E-state index contributed by atoms with van der Waals surface area (Å²) in [5, 5.41) is 10.4. The van der Waals surface area contributed by atoms with Crippen LogP contribution in [-0.2, 0) is 6.54 Å². The quantitative estimate of drug-likeness (QED) is 0.589. The maximum absolute atomic E-state index is 13.5. The average molecular weight is 469 g/mol. The van der Waals surface area contributed by atoms with Gasteiger partial charge in [-0.15, -0.1) is 0 Å². The molecule has 0 spiro atoms. The summed E-state index contributed by atoms with van der Waals surface area (Å²) >= 11 is 18.9. The first-order valence-electron chi connectivity index (χ1n) is 9.61. The van der Waals surface area contributed by atoms with Gasteiger partial charge in [-0.25, -0.2) is 9.59 Å². The molecule has 0 saturated carbocycles. The van der Waals surface area contributed by atoms with Crippen LogP contribution < -0.4 is 5.69 Å². The molecule has 1 aliphatic rings. The van der Waals surface area contributed by atoms with Crippen LogP contribution in [0.4, 0.5) is 0 Å². The second-order valence-electron chi connectivity index (χ2n) is 7.59. The predicted molar refractivity (Wildman–Crippen MR) is 120 cm³/mol. The molecule has 0 aliphatic carbocycles. The highest BCUT2D eigenvalue weighted by atomic mass is 35.5. The summed E-state index contributed by atoms with van der Waals surface area (Å²) in [6.45, 7) is 1.39. The Kier molecular flexibility index (Phi) is 5.86. The summed E-state index contributed by atoms with van der Waals surface area (Å²) in [5.74, 6) is -1.11. The largest absolute Gasteiger partial charge is 0.478 e. The zero-order valence-corrected chi connectivity index (χ0v) is 18.5. The van der Waals surface area contributed by atoms with Gasteiger partial charge in [-0.2, -0.15) is 0 Å². The SMILES string of the molecule is CN1CCCCC1Cn1c(=O)n(-c2ccc(Cl)cc2Cl)c2c(Cl)cc(C(=O)O)cc21. The molecule has 2 aromatic carbocycles. The number of nitrogens with zero attached hydrogens (tertiary/aromatic N) is 3. The number of aromatic carboxylic acids is 1. The van der Waals surface area contributed by atoms with Crippen LogP contribution in [0.1, 0.15) is 29.6 Å². The van der Waals surface area contributed by atoms with Gasteiger partial charge in [0.2, 0.25) is 0 Å². The molecule has 1 fully saturated rings. The molecule has 1 saturated heterocycles. The number of likely N-dealkylation sites (tertiary alicyclic amines) is 1. The van der Waals surface area contributed by atoms with E-state index in [2.05, 4.69) is 4.90 Å². The van der Waals surface area contributed by atoms with Crippen LogP contribution >= 0.6 is 34.8 Å². The van der Waals surface area contributed by atoms with Crippen molar-refractivity contribution in [3.63, 3.8) is 0 Å². The van der Waals surface area contributed by atoms with Gasteiger partial charge in [0.05, 0.1) is 32.3 Å².